The summed E-state index contributed by atoms with van der Waals surface area (Å²) in [6.07, 6.45) is 0.996. The van der Waals surface area contributed by atoms with Gasteiger partial charge in [-0.2, -0.15) is 0 Å². The van der Waals surface area contributed by atoms with Gasteiger partial charge in [0.15, 0.2) is 0 Å². The number of carboxylic acid groups (broad SMARTS) is 1. The number of nitrogens with zero attached hydrogens (tertiary/aromatic N) is 1. The third kappa shape index (κ3) is 6.74. The van der Waals surface area contributed by atoms with E-state index in [-0.39, 0.29) is 17.2 Å². The van der Waals surface area contributed by atoms with E-state index < -0.39 is 22.0 Å². The first-order valence-corrected chi connectivity index (χ1v) is 9.58. The summed E-state index contributed by atoms with van der Waals surface area (Å²) in [6.45, 7) is 3.05. The van der Waals surface area contributed by atoms with Gasteiger partial charge in [0.1, 0.15) is 0 Å². The summed E-state index contributed by atoms with van der Waals surface area (Å²) >= 11 is 1.30. The Morgan fingerprint density at radius 2 is 1.57 bits per heavy atom. The minimum Gasteiger partial charge on any atom is -0.478 e. The van der Waals surface area contributed by atoms with Crippen molar-refractivity contribution in [3.63, 3.8) is 0 Å². The molecule has 3 N–H and O–H groups in total. The lowest BCUT2D eigenvalue weighted by molar-refractivity contribution is -0.384. The topological polar surface area (TPSA) is 139 Å². The van der Waals surface area contributed by atoms with E-state index in [1.165, 1.54) is 43.0 Å². The van der Waals surface area contributed by atoms with Crippen LogP contribution < -0.4 is 10.6 Å². The maximum atomic E-state index is 12.3. The van der Waals surface area contributed by atoms with Crippen molar-refractivity contribution < 1.29 is 24.4 Å². The molecule has 0 aliphatic rings. The minimum atomic E-state index is -1.17. The van der Waals surface area contributed by atoms with Gasteiger partial charge in [0.2, 0.25) is 11.8 Å². The van der Waals surface area contributed by atoms with E-state index in [1.807, 2.05) is 0 Å². The standard InChI is InChI=1S/C20H19N3O6S/c1-12(20(26)27)11-18(24)21-14-5-9-17(10-6-14)30-13(2)19(25)22-15-3-7-16(8-4-15)23(28)29/h3-11,13H,1-2H3,(H,21,24)(H,22,25)(H,26,27). The van der Waals surface area contributed by atoms with Crippen LogP contribution in [0.25, 0.3) is 0 Å². The van der Waals surface area contributed by atoms with E-state index in [9.17, 15) is 24.5 Å². The number of rotatable bonds is 8. The van der Waals surface area contributed by atoms with E-state index in [0.717, 1.165) is 11.0 Å². The van der Waals surface area contributed by atoms with E-state index in [1.54, 1.807) is 31.2 Å². The maximum Gasteiger partial charge on any atom is 0.331 e. The van der Waals surface area contributed by atoms with Crippen LogP contribution in [0, 0.1) is 10.1 Å². The molecule has 2 aromatic rings. The molecule has 0 aliphatic carbocycles. The number of carbonyl (C=O) groups excluding carboxylic acids is 2. The largest absolute Gasteiger partial charge is 0.478 e. The number of carboxylic acids is 1. The molecule has 10 heteroatoms. The number of anilines is 2. The molecule has 2 rings (SSSR count). The molecule has 156 valence electrons. The second kappa shape index (κ2) is 10.2. The highest BCUT2D eigenvalue weighted by molar-refractivity contribution is 8.00. The highest BCUT2D eigenvalue weighted by atomic mass is 32.2. The third-order valence-corrected chi connectivity index (χ3v) is 4.95. The summed E-state index contributed by atoms with van der Waals surface area (Å²) in [7, 11) is 0. The number of thioether (sulfide) groups is 1. The molecular weight excluding hydrogens is 410 g/mol. The lowest BCUT2D eigenvalue weighted by Gasteiger charge is -2.12. The van der Waals surface area contributed by atoms with Crippen LogP contribution in [0.5, 0.6) is 0 Å². The number of amides is 2. The van der Waals surface area contributed by atoms with Crippen LogP contribution in [0.15, 0.2) is 65.1 Å². The average molecular weight is 429 g/mol. The fourth-order valence-corrected chi connectivity index (χ4v) is 3.09. The van der Waals surface area contributed by atoms with Crippen LogP contribution in [0.1, 0.15) is 13.8 Å². The Balaban J connectivity index is 1.91. The number of non-ortho nitro benzene ring substituents is 1. The first-order valence-electron chi connectivity index (χ1n) is 8.70. The van der Waals surface area contributed by atoms with Crippen LogP contribution in [-0.4, -0.2) is 33.1 Å². The number of carbonyl (C=O) groups is 3. The number of benzene rings is 2. The molecule has 30 heavy (non-hydrogen) atoms. The van der Waals surface area contributed by atoms with Crippen molar-refractivity contribution in [2.75, 3.05) is 10.6 Å². The fraction of sp³-hybridized carbons (Fsp3) is 0.150. The van der Waals surface area contributed by atoms with Gasteiger partial charge in [-0.3, -0.25) is 19.7 Å². The summed E-state index contributed by atoms with van der Waals surface area (Å²) in [5.41, 5.74) is 0.811. The zero-order valence-corrected chi connectivity index (χ0v) is 16.9. The monoisotopic (exact) mass is 429 g/mol. The summed E-state index contributed by atoms with van der Waals surface area (Å²) in [6, 6.07) is 12.3. The van der Waals surface area contributed by atoms with Crippen molar-refractivity contribution in [2.24, 2.45) is 0 Å². The Morgan fingerprint density at radius 1 is 1.03 bits per heavy atom. The van der Waals surface area contributed by atoms with E-state index in [0.29, 0.717) is 11.4 Å². The molecule has 1 unspecified atom stereocenters. The van der Waals surface area contributed by atoms with Crippen molar-refractivity contribution >= 4 is 46.6 Å². The van der Waals surface area contributed by atoms with Crippen LogP contribution in [0.4, 0.5) is 17.1 Å². The Morgan fingerprint density at radius 3 is 2.10 bits per heavy atom. The van der Waals surface area contributed by atoms with Crippen LogP contribution in [0.2, 0.25) is 0 Å². The van der Waals surface area contributed by atoms with Gasteiger partial charge in [-0.05, 0) is 50.2 Å². The molecule has 0 heterocycles. The number of hydrogen-bond acceptors (Lipinski definition) is 6. The molecule has 2 aromatic carbocycles. The molecular formula is C20H19N3O6S. The Labute approximate surface area is 176 Å². The van der Waals surface area contributed by atoms with Gasteiger partial charge < -0.3 is 15.7 Å². The molecule has 0 saturated carbocycles. The molecule has 2 amide bonds. The van der Waals surface area contributed by atoms with Crippen LogP contribution in [-0.2, 0) is 14.4 Å². The SMILES string of the molecule is CC(=CC(=O)Nc1ccc(SC(C)C(=O)Nc2ccc([N+](=O)[O-])cc2)cc1)C(=O)O. The molecule has 0 aliphatic heterocycles. The summed E-state index contributed by atoms with van der Waals surface area (Å²) in [4.78, 5) is 45.8. The van der Waals surface area contributed by atoms with Crippen molar-refractivity contribution in [1.82, 2.24) is 0 Å². The van der Waals surface area contributed by atoms with Gasteiger partial charge >= 0.3 is 5.97 Å². The van der Waals surface area contributed by atoms with Gasteiger partial charge in [-0.1, -0.05) is 0 Å². The number of nitro groups is 1. The number of nitro benzene ring substituents is 1. The third-order valence-electron chi connectivity index (χ3n) is 3.83. The van der Waals surface area contributed by atoms with E-state index in [2.05, 4.69) is 10.6 Å². The van der Waals surface area contributed by atoms with E-state index in [4.69, 9.17) is 5.11 Å². The van der Waals surface area contributed by atoms with Gasteiger partial charge in [-0.25, -0.2) is 4.79 Å². The quantitative estimate of drug-likeness (QED) is 0.252. The predicted octanol–water partition coefficient (Wildman–Crippen LogP) is 3.68. The molecule has 0 radical (unpaired) electrons. The first kappa shape index (κ1) is 22.6. The summed E-state index contributed by atoms with van der Waals surface area (Å²) < 4.78 is 0. The minimum absolute atomic E-state index is 0.0591. The second-order valence-corrected chi connectivity index (χ2v) is 7.61. The van der Waals surface area contributed by atoms with Crippen molar-refractivity contribution in [3.05, 3.63) is 70.3 Å². The fourth-order valence-electron chi connectivity index (χ4n) is 2.22. The second-order valence-electron chi connectivity index (χ2n) is 6.20. The predicted molar refractivity (Wildman–Crippen MR) is 114 cm³/mol. The zero-order chi connectivity index (χ0) is 22.3. The van der Waals surface area contributed by atoms with Gasteiger partial charge in [0.25, 0.3) is 5.69 Å². The smallest absolute Gasteiger partial charge is 0.331 e. The summed E-state index contributed by atoms with van der Waals surface area (Å²) in [5.74, 6) is -1.98. The molecule has 0 saturated heterocycles. The van der Waals surface area contributed by atoms with E-state index >= 15 is 0 Å². The highest BCUT2D eigenvalue weighted by Crippen LogP contribution is 2.26. The lowest BCUT2D eigenvalue weighted by atomic mass is 10.2. The molecule has 0 aromatic heterocycles. The molecule has 0 spiro atoms. The normalized spacial score (nSPS) is 12.0. The highest BCUT2D eigenvalue weighted by Gasteiger charge is 2.15. The lowest BCUT2D eigenvalue weighted by Crippen LogP contribution is -2.22. The Hall–Kier alpha value is -3.66. The van der Waals surface area contributed by atoms with Crippen LogP contribution in [0.3, 0.4) is 0 Å². The zero-order valence-electron chi connectivity index (χ0n) is 16.1. The number of hydrogen-bond donors (Lipinski definition) is 3. The van der Waals surface area contributed by atoms with Crippen molar-refractivity contribution in [3.8, 4) is 0 Å². The Bertz CT molecular complexity index is 987. The van der Waals surface area contributed by atoms with Crippen molar-refractivity contribution in [1.29, 1.82) is 0 Å². The maximum absolute atomic E-state index is 12.3. The molecule has 0 fully saturated rings. The number of aliphatic carboxylic acids is 1. The van der Waals surface area contributed by atoms with Gasteiger partial charge in [0, 0.05) is 40.1 Å². The van der Waals surface area contributed by atoms with Gasteiger partial charge in [0.05, 0.1) is 10.2 Å². The van der Waals surface area contributed by atoms with Crippen LogP contribution >= 0.6 is 11.8 Å². The molecule has 0 bridgehead atoms. The first-order chi connectivity index (χ1) is 14.2. The number of nitrogens with one attached hydrogen (secondary N) is 2. The average Bonchev–Trinajstić information content (AvgIpc) is 2.69. The van der Waals surface area contributed by atoms with Crippen molar-refractivity contribution in [2.45, 2.75) is 24.0 Å². The molecule has 9 nitrogen and oxygen atoms in total. The molecule has 1 atom stereocenters. The summed E-state index contributed by atoms with van der Waals surface area (Å²) in [5, 5.41) is 24.3. The van der Waals surface area contributed by atoms with Gasteiger partial charge in [-0.15, -0.1) is 11.8 Å². The Kier molecular flexibility index (Phi) is 7.70.